The van der Waals surface area contributed by atoms with Crippen LogP contribution in [0.25, 0.3) is 0 Å². The van der Waals surface area contributed by atoms with Crippen molar-refractivity contribution in [3.8, 4) is 0 Å². The molecule has 1 unspecified atom stereocenters. The van der Waals surface area contributed by atoms with E-state index in [1.807, 2.05) is 6.07 Å². The Balaban J connectivity index is 2.69. The Morgan fingerprint density at radius 1 is 1.57 bits per heavy atom. The number of rotatable bonds is 4. The quantitative estimate of drug-likeness (QED) is 0.748. The molecule has 0 spiro atoms. The highest BCUT2D eigenvalue weighted by molar-refractivity contribution is 5.94. The van der Waals surface area contributed by atoms with Crippen molar-refractivity contribution in [2.24, 2.45) is 0 Å². The van der Waals surface area contributed by atoms with Gasteiger partial charge in [-0.15, -0.1) is 0 Å². The van der Waals surface area contributed by atoms with Crippen molar-refractivity contribution in [1.29, 1.82) is 0 Å². The van der Waals surface area contributed by atoms with Gasteiger partial charge in [0, 0.05) is 17.8 Å². The number of alkyl halides is 1. The summed E-state index contributed by atoms with van der Waals surface area (Å²) in [5.74, 6) is 0.0157. The van der Waals surface area contributed by atoms with Gasteiger partial charge >= 0.3 is 0 Å². The summed E-state index contributed by atoms with van der Waals surface area (Å²) in [4.78, 5) is 11.0. The minimum absolute atomic E-state index is 0.0157. The van der Waals surface area contributed by atoms with Crippen LogP contribution in [0.15, 0.2) is 24.3 Å². The number of carbonyl (C=O) groups excluding carboxylic acids is 1. The highest BCUT2D eigenvalue weighted by atomic mass is 19.1. The van der Waals surface area contributed by atoms with Gasteiger partial charge in [0.1, 0.15) is 6.17 Å². The first-order valence-electron chi connectivity index (χ1n) is 4.58. The van der Waals surface area contributed by atoms with E-state index in [0.29, 0.717) is 5.56 Å². The zero-order valence-electron chi connectivity index (χ0n) is 8.38. The lowest BCUT2D eigenvalue weighted by molar-refractivity contribution is 0.101. The average molecular weight is 195 g/mol. The lowest BCUT2D eigenvalue weighted by Gasteiger charge is -2.07. The molecular weight excluding hydrogens is 181 g/mol. The minimum Gasteiger partial charge on any atom is -0.382 e. The molecule has 0 saturated carbocycles. The molecule has 76 valence electrons. The summed E-state index contributed by atoms with van der Waals surface area (Å²) in [6.07, 6.45) is -0.893. The van der Waals surface area contributed by atoms with Gasteiger partial charge in [-0.3, -0.25) is 4.79 Å². The monoisotopic (exact) mass is 195 g/mol. The Morgan fingerprint density at radius 2 is 2.29 bits per heavy atom. The van der Waals surface area contributed by atoms with Crippen molar-refractivity contribution >= 4 is 11.5 Å². The summed E-state index contributed by atoms with van der Waals surface area (Å²) in [6, 6.07) is 7.06. The molecule has 1 atom stereocenters. The van der Waals surface area contributed by atoms with E-state index < -0.39 is 6.17 Å². The van der Waals surface area contributed by atoms with Crippen LogP contribution in [-0.2, 0) is 0 Å². The fourth-order valence-corrected chi connectivity index (χ4v) is 1.11. The van der Waals surface area contributed by atoms with Gasteiger partial charge in [-0.2, -0.15) is 0 Å². The van der Waals surface area contributed by atoms with Gasteiger partial charge in [0.15, 0.2) is 5.78 Å². The summed E-state index contributed by atoms with van der Waals surface area (Å²) >= 11 is 0. The van der Waals surface area contributed by atoms with Gasteiger partial charge < -0.3 is 5.32 Å². The van der Waals surface area contributed by atoms with Crippen LogP contribution in [0, 0.1) is 0 Å². The van der Waals surface area contributed by atoms with Crippen LogP contribution in [0.1, 0.15) is 24.2 Å². The fourth-order valence-electron chi connectivity index (χ4n) is 1.11. The van der Waals surface area contributed by atoms with Crippen molar-refractivity contribution in [3.05, 3.63) is 29.8 Å². The summed E-state index contributed by atoms with van der Waals surface area (Å²) < 4.78 is 12.5. The van der Waals surface area contributed by atoms with Gasteiger partial charge in [-0.05, 0) is 26.0 Å². The lowest BCUT2D eigenvalue weighted by atomic mass is 10.1. The Bertz CT molecular complexity index is 323. The largest absolute Gasteiger partial charge is 0.382 e. The maximum Gasteiger partial charge on any atom is 0.159 e. The average Bonchev–Trinajstić information content (AvgIpc) is 2.15. The first-order chi connectivity index (χ1) is 6.59. The van der Waals surface area contributed by atoms with Crippen molar-refractivity contribution in [1.82, 2.24) is 0 Å². The second kappa shape index (κ2) is 4.74. The number of hydrogen-bond donors (Lipinski definition) is 1. The van der Waals surface area contributed by atoms with Gasteiger partial charge in [0.25, 0.3) is 0 Å². The van der Waals surface area contributed by atoms with Crippen LogP contribution in [0.4, 0.5) is 10.1 Å². The first kappa shape index (κ1) is 10.7. The highest BCUT2D eigenvalue weighted by Crippen LogP contribution is 2.11. The van der Waals surface area contributed by atoms with E-state index in [9.17, 15) is 9.18 Å². The van der Waals surface area contributed by atoms with Crippen LogP contribution < -0.4 is 5.32 Å². The third-order valence-corrected chi connectivity index (χ3v) is 1.86. The predicted molar refractivity (Wildman–Crippen MR) is 55.5 cm³/mol. The van der Waals surface area contributed by atoms with E-state index in [4.69, 9.17) is 0 Å². The number of anilines is 1. The van der Waals surface area contributed by atoms with Gasteiger partial charge in [0.05, 0.1) is 0 Å². The summed E-state index contributed by atoms with van der Waals surface area (Å²) in [6.45, 7) is 3.26. The predicted octanol–water partition coefficient (Wildman–Crippen LogP) is 2.66. The molecule has 3 heteroatoms. The molecule has 1 aromatic carbocycles. The molecule has 1 rings (SSSR count). The Morgan fingerprint density at radius 3 is 2.86 bits per heavy atom. The number of ketones is 1. The normalized spacial score (nSPS) is 12.2. The highest BCUT2D eigenvalue weighted by Gasteiger charge is 2.01. The Hall–Kier alpha value is -1.38. The molecule has 1 aromatic rings. The van der Waals surface area contributed by atoms with E-state index in [2.05, 4.69) is 5.32 Å². The van der Waals surface area contributed by atoms with Gasteiger partial charge in [-0.1, -0.05) is 12.1 Å². The van der Waals surface area contributed by atoms with Crippen molar-refractivity contribution < 1.29 is 9.18 Å². The zero-order chi connectivity index (χ0) is 10.6. The molecule has 0 radical (unpaired) electrons. The SMILES string of the molecule is CC(=O)c1cccc(NCC(C)F)c1. The van der Waals surface area contributed by atoms with Crippen LogP contribution in [0.2, 0.25) is 0 Å². The van der Waals surface area contributed by atoms with Crippen LogP contribution in [-0.4, -0.2) is 18.5 Å². The maximum absolute atomic E-state index is 12.5. The molecule has 14 heavy (non-hydrogen) atoms. The molecule has 0 bridgehead atoms. The van der Waals surface area contributed by atoms with E-state index in [1.54, 1.807) is 18.2 Å². The summed E-state index contributed by atoms with van der Waals surface area (Å²) in [5.41, 5.74) is 1.42. The molecule has 0 aliphatic heterocycles. The minimum atomic E-state index is -0.893. The van der Waals surface area contributed by atoms with Crippen molar-refractivity contribution in [2.75, 3.05) is 11.9 Å². The summed E-state index contributed by atoms with van der Waals surface area (Å²) in [5, 5.41) is 2.91. The number of carbonyl (C=O) groups is 1. The standard InChI is InChI=1S/C11H14FNO/c1-8(12)7-13-11-5-3-4-10(6-11)9(2)14/h3-6,8,13H,7H2,1-2H3. The number of benzene rings is 1. The molecule has 0 heterocycles. The second-order valence-electron chi connectivity index (χ2n) is 3.30. The van der Waals surface area contributed by atoms with E-state index in [-0.39, 0.29) is 12.3 Å². The van der Waals surface area contributed by atoms with Gasteiger partial charge in [0.2, 0.25) is 0 Å². The Labute approximate surface area is 83.1 Å². The number of hydrogen-bond acceptors (Lipinski definition) is 2. The van der Waals surface area contributed by atoms with Crippen LogP contribution in [0.3, 0.4) is 0 Å². The number of nitrogens with one attached hydrogen (secondary N) is 1. The van der Waals surface area contributed by atoms with Crippen LogP contribution >= 0.6 is 0 Å². The van der Waals surface area contributed by atoms with Crippen LogP contribution in [0.5, 0.6) is 0 Å². The van der Waals surface area contributed by atoms with Gasteiger partial charge in [-0.25, -0.2) is 4.39 Å². The summed E-state index contributed by atoms with van der Waals surface area (Å²) in [7, 11) is 0. The molecule has 0 aliphatic rings. The topological polar surface area (TPSA) is 29.1 Å². The molecule has 0 fully saturated rings. The molecule has 1 N–H and O–H groups in total. The van der Waals surface area contributed by atoms with Crippen molar-refractivity contribution in [2.45, 2.75) is 20.0 Å². The van der Waals surface area contributed by atoms with Crippen molar-refractivity contribution in [3.63, 3.8) is 0 Å². The molecule has 0 saturated heterocycles. The Kier molecular flexibility index (Phi) is 3.63. The third kappa shape index (κ3) is 3.17. The smallest absolute Gasteiger partial charge is 0.159 e. The molecule has 0 aliphatic carbocycles. The lowest BCUT2D eigenvalue weighted by Crippen LogP contribution is -2.11. The maximum atomic E-state index is 12.5. The number of halogens is 1. The second-order valence-corrected chi connectivity index (χ2v) is 3.30. The fraction of sp³-hybridized carbons (Fsp3) is 0.364. The molecule has 0 amide bonds. The first-order valence-corrected chi connectivity index (χ1v) is 4.58. The van der Waals surface area contributed by atoms with E-state index in [1.165, 1.54) is 13.8 Å². The molecule has 2 nitrogen and oxygen atoms in total. The molecule has 0 aromatic heterocycles. The van der Waals surface area contributed by atoms with E-state index in [0.717, 1.165) is 5.69 Å². The number of Topliss-reactive ketones (excluding diaryl/α,β-unsaturated/α-hetero) is 1. The van der Waals surface area contributed by atoms with E-state index >= 15 is 0 Å². The molecular formula is C11H14FNO. The zero-order valence-corrected chi connectivity index (χ0v) is 8.38. The third-order valence-electron chi connectivity index (χ3n) is 1.86.